The highest BCUT2D eigenvalue weighted by molar-refractivity contribution is 5.90. The van der Waals surface area contributed by atoms with Crippen LogP contribution >= 0.6 is 0 Å². The van der Waals surface area contributed by atoms with Crippen molar-refractivity contribution in [1.29, 1.82) is 0 Å². The van der Waals surface area contributed by atoms with Crippen molar-refractivity contribution in [2.45, 2.75) is 36.9 Å². The van der Waals surface area contributed by atoms with Crippen LogP contribution in [0.15, 0.2) is 78.9 Å². The van der Waals surface area contributed by atoms with Gasteiger partial charge in [0, 0.05) is 18.8 Å². The Labute approximate surface area is 221 Å². The van der Waals surface area contributed by atoms with E-state index < -0.39 is 36.2 Å². The number of nitrogens with one attached hydrogen (secondary N) is 1. The fraction of sp³-hybridized carbons (Fsp3) is 0.300. The van der Waals surface area contributed by atoms with Gasteiger partial charge in [0.2, 0.25) is 5.91 Å². The summed E-state index contributed by atoms with van der Waals surface area (Å²) in [6.07, 6.45) is -1.27. The molecule has 0 unspecified atom stereocenters. The number of hydrogen-bond acceptors (Lipinski definition) is 6. The third-order valence-corrected chi connectivity index (χ3v) is 7.24. The Hall–Kier alpha value is -4.17. The summed E-state index contributed by atoms with van der Waals surface area (Å²) in [5, 5.41) is 13.0. The molecule has 8 heteroatoms. The average molecular weight is 515 g/mol. The molecule has 0 spiro atoms. The summed E-state index contributed by atoms with van der Waals surface area (Å²) >= 11 is 0. The van der Waals surface area contributed by atoms with Crippen LogP contribution < -0.4 is 5.32 Å². The van der Waals surface area contributed by atoms with Crippen LogP contribution in [0.2, 0.25) is 0 Å². The third-order valence-electron chi connectivity index (χ3n) is 7.24. The first-order valence-corrected chi connectivity index (χ1v) is 12.7. The zero-order valence-corrected chi connectivity index (χ0v) is 21.1. The van der Waals surface area contributed by atoms with E-state index in [2.05, 4.69) is 17.4 Å². The predicted octanol–water partition coefficient (Wildman–Crippen LogP) is 3.27. The first kappa shape index (κ1) is 25.5. The van der Waals surface area contributed by atoms with E-state index in [9.17, 15) is 19.5 Å². The Morgan fingerprint density at radius 2 is 1.55 bits per heavy atom. The van der Waals surface area contributed by atoms with Gasteiger partial charge < -0.3 is 19.9 Å². The minimum absolute atomic E-state index is 0.0314. The molecule has 38 heavy (non-hydrogen) atoms. The molecule has 3 aromatic carbocycles. The van der Waals surface area contributed by atoms with Gasteiger partial charge in [-0.15, -0.1) is 0 Å². The molecule has 2 N–H and O–H groups in total. The number of amides is 2. The molecule has 1 heterocycles. The smallest absolute Gasteiger partial charge is 0.410 e. The monoisotopic (exact) mass is 514 g/mol. The van der Waals surface area contributed by atoms with E-state index in [0.717, 1.165) is 27.8 Å². The molecule has 1 fully saturated rings. The van der Waals surface area contributed by atoms with E-state index in [1.165, 1.54) is 12.0 Å². The molecule has 0 radical (unpaired) electrons. The molecule has 0 aromatic heterocycles. The normalized spacial score (nSPS) is 18.8. The lowest BCUT2D eigenvalue weighted by atomic mass is 9.98. The van der Waals surface area contributed by atoms with E-state index in [-0.39, 0.29) is 31.9 Å². The summed E-state index contributed by atoms with van der Waals surface area (Å²) in [4.78, 5) is 40.1. The van der Waals surface area contributed by atoms with Crippen LogP contribution in [0.3, 0.4) is 0 Å². The van der Waals surface area contributed by atoms with Crippen molar-refractivity contribution < 1.29 is 29.0 Å². The predicted molar refractivity (Wildman–Crippen MR) is 140 cm³/mol. The molecule has 3 atom stereocenters. The Kier molecular flexibility index (Phi) is 7.42. The number of aliphatic hydroxyl groups excluding tert-OH is 1. The first-order chi connectivity index (χ1) is 18.5. The standard InChI is InChI=1S/C30H30N2O6/c1-37-29(35)26(15-19-9-3-2-4-10-19)31-28(34)27-16-20(33)17-32(27)30(36)38-18-25-23-13-7-5-11-21(23)22-12-6-8-14-24(22)25/h2-14,20,25-27,33H,15-18H2,1H3,(H,31,34)/t20-,26+,27-/m1/s1. The number of esters is 1. The number of carbonyl (C=O) groups excluding carboxylic acids is 3. The maximum atomic E-state index is 13.2. The summed E-state index contributed by atoms with van der Waals surface area (Å²) in [5.41, 5.74) is 5.25. The van der Waals surface area contributed by atoms with E-state index in [4.69, 9.17) is 9.47 Å². The maximum Gasteiger partial charge on any atom is 0.410 e. The van der Waals surface area contributed by atoms with E-state index >= 15 is 0 Å². The highest BCUT2D eigenvalue weighted by Gasteiger charge is 2.41. The number of carbonyl (C=O) groups is 3. The number of ether oxygens (including phenoxy) is 2. The lowest BCUT2D eigenvalue weighted by Gasteiger charge is -2.26. The molecule has 1 saturated heterocycles. The van der Waals surface area contributed by atoms with Crippen LogP contribution in [0.25, 0.3) is 11.1 Å². The number of aliphatic hydroxyl groups is 1. The average Bonchev–Trinajstić information content (AvgIpc) is 3.49. The van der Waals surface area contributed by atoms with Gasteiger partial charge in [0.05, 0.1) is 19.8 Å². The molecular weight excluding hydrogens is 484 g/mol. The number of methoxy groups -OCH3 is 1. The van der Waals surface area contributed by atoms with Gasteiger partial charge in [0.15, 0.2) is 0 Å². The van der Waals surface area contributed by atoms with Crippen molar-refractivity contribution in [3.63, 3.8) is 0 Å². The van der Waals surface area contributed by atoms with Gasteiger partial charge in [-0.05, 0) is 27.8 Å². The minimum atomic E-state index is -0.969. The second kappa shape index (κ2) is 11.1. The molecule has 1 aliphatic heterocycles. The third kappa shape index (κ3) is 5.13. The summed E-state index contributed by atoms with van der Waals surface area (Å²) < 4.78 is 10.6. The van der Waals surface area contributed by atoms with Crippen LogP contribution in [0.5, 0.6) is 0 Å². The lowest BCUT2D eigenvalue weighted by Crippen LogP contribution is -2.52. The Bertz CT molecular complexity index is 1280. The zero-order valence-electron chi connectivity index (χ0n) is 21.1. The Balaban J connectivity index is 1.27. The second-order valence-electron chi connectivity index (χ2n) is 9.64. The van der Waals surface area contributed by atoms with Gasteiger partial charge in [-0.2, -0.15) is 0 Å². The summed E-state index contributed by atoms with van der Waals surface area (Å²) in [6, 6.07) is 23.4. The van der Waals surface area contributed by atoms with Gasteiger partial charge in [0.25, 0.3) is 0 Å². The zero-order chi connectivity index (χ0) is 26.6. The van der Waals surface area contributed by atoms with Crippen molar-refractivity contribution in [3.8, 4) is 11.1 Å². The molecule has 196 valence electrons. The van der Waals surface area contributed by atoms with Gasteiger partial charge >= 0.3 is 12.1 Å². The fourth-order valence-electron chi connectivity index (χ4n) is 5.39. The summed E-state index contributed by atoms with van der Waals surface area (Å²) in [5.74, 6) is -1.25. The maximum absolute atomic E-state index is 13.2. The molecule has 2 amide bonds. The first-order valence-electron chi connectivity index (χ1n) is 12.7. The molecule has 0 bridgehead atoms. The van der Waals surface area contributed by atoms with Gasteiger partial charge in [-0.3, -0.25) is 9.69 Å². The summed E-state index contributed by atoms with van der Waals surface area (Å²) in [6.45, 7) is 0.0723. The van der Waals surface area contributed by atoms with Crippen molar-refractivity contribution in [3.05, 3.63) is 95.6 Å². The highest BCUT2D eigenvalue weighted by atomic mass is 16.6. The summed E-state index contributed by atoms with van der Waals surface area (Å²) in [7, 11) is 1.26. The largest absolute Gasteiger partial charge is 0.467 e. The topological polar surface area (TPSA) is 105 Å². The Morgan fingerprint density at radius 3 is 2.18 bits per heavy atom. The van der Waals surface area contributed by atoms with E-state index in [1.54, 1.807) is 0 Å². The minimum Gasteiger partial charge on any atom is -0.467 e. The van der Waals surface area contributed by atoms with Crippen LogP contribution in [-0.4, -0.2) is 66.4 Å². The number of benzene rings is 3. The number of β-amino-alcohol motifs (C(OH)–C–C–N with tert-alkyl or cyclic N) is 1. The number of likely N-dealkylation sites (tertiary alicyclic amines) is 1. The number of nitrogens with zero attached hydrogens (tertiary/aromatic N) is 1. The van der Waals surface area contributed by atoms with Crippen molar-refractivity contribution in [2.24, 2.45) is 0 Å². The van der Waals surface area contributed by atoms with E-state index in [1.807, 2.05) is 66.7 Å². The van der Waals surface area contributed by atoms with Gasteiger partial charge in [0.1, 0.15) is 18.7 Å². The molecule has 8 nitrogen and oxygen atoms in total. The van der Waals surface area contributed by atoms with E-state index in [0.29, 0.717) is 0 Å². The van der Waals surface area contributed by atoms with Crippen LogP contribution in [0, 0.1) is 0 Å². The molecule has 5 rings (SSSR count). The second-order valence-corrected chi connectivity index (χ2v) is 9.64. The van der Waals surface area contributed by atoms with Crippen molar-refractivity contribution in [2.75, 3.05) is 20.3 Å². The highest BCUT2D eigenvalue weighted by Crippen LogP contribution is 2.44. The number of rotatable bonds is 7. The lowest BCUT2D eigenvalue weighted by molar-refractivity contribution is -0.145. The van der Waals surface area contributed by atoms with Crippen LogP contribution in [0.4, 0.5) is 4.79 Å². The van der Waals surface area contributed by atoms with Crippen LogP contribution in [0.1, 0.15) is 29.0 Å². The Morgan fingerprint density at radius 1 is 0.947 bits per heavy atom. The molecule has 1 aliphatic carbocycles. The molecule has 2 aliphatic rings. The molecular formula is C30H30N2O6. The quantitative estimate of drug-likeness (QED) is 0.469. The van der Waals surface area contributed by atoms with Crippen molar-refractivity contribution >= 4 is 18.0 Å². The van der Waals surface area contributed by atoms with Crippen LogP contribution in [-0.2, 0) is 25.5 Å². The number of fused-ring (bicyclic) bond motifs is 3. The number of hydrogen-bond donors (Lipinski definition) is 2. The van der Waals surface area contributed by atoms with Crippen molar-refractivity contribution in [1.82, 2.24) is 10.2 Å². The fourth-order valence-corrected chi connectivity index (χ4v) is 5.39. The molecule has 0 saturated carbocycles. The van der Waals surface area contributed by atoms with Gasteiger partial charge in [-0.1, -0.05) is 78.9 Å². The van der Waals surface area contributed by atoms with Gasteiger partial charge in [-0.25, -0.2) is 9.59 Å². The molecule has 3 aromatic rings. The SMILES string of the molecule is COC(=O)[C@H](Cc1ccccc1)NC(=O)[C@H]1C[C@@H](O)CN1C(=O)OCC1c2ccccc2-c2ccccc21.